The molecule has 1 aliphatic rings. The SMILES string of the molecule is CC(=O)Nc1ccc(NC(=O)NCC(O)CN2CCc3ccccc3C2)c(Cl)c1. The molecule has 2 aromatic rings. The van der Waals surface area contributed by atoms with E-state index in [2.05, 4.69) is 33.0 Å². The van der Waals surface area contributed by atoms with E-state index in [0.29, 0.717) is 22.9 Å². The summed E-state index contributed by atoms with van der Waals surface area (Å²) < 4.78 is 0. The smallest absolute Gasteiger partial charge is 0.319 e. The fraction of sp³-hybridized carbons (Fsp3) is 0.333. The van der Waals surface area contributed by atoms with Crippen LogP contribution < -0.4 is 16.0 Å². The average Bonchev–Trinajstić information content (AvgIpc) is 2.68. The number of nitrogens with zero attached hydrogens (tertiary/aromatic N) is 1. The van der Waals surface area contributed by atoms with Gasteiger partial charge in [0.25, 0.3) is 0 Å². The first-order valence-corrected chi connectivity index (χ1v) is 9.87. The van der Waals surface area contributed by atoms with E-state index in [1.807, 2.05) is 12.1 Å². The summed E-state index contributed by atoms with van der Waals surface area (Å²) in [6.45, 7) is 3.71. The van der Waals surface area contributed by atoms with Crippen molar-refractivity contribution >= 4 is 34.9 Å². The number of β-amino-alcohol motifs (C(OH)–C–C–N with tert-alkyl or cyclic N) is 1. The van der Waals surface area contributed by atoms with Crippen LogP contribution in [0.3, 0.4) is 0 Å². The molecule has 0 saturated carbocycles. The summed E-state index contributed by atoms with van der Waals surface area (Å²) in [5.74, 6) is -0.203. The minimum Gasteiger partial charge on any atom is -0.390 e. The fourth-order valence-corrected chi connectivity index (χ4v) is 3.57. The number of benzene rings is 2. The lowest BCUT2D eigenvalue weighted by Crippen LogP contribution is -2.43. The van der Waals surface area contributed by atoms with Gasteiger partial charge in [0, 0.05) is 38.8 Å². The number of aliphatic hydroxyl groups excluding tert-OH is 1. The Morgan fingerprint density at radius 2 is 1.93 bits per heavy atom. The number of hydrogen-bond acceptors (Lipinski definition) is 4. The molecule has 154 valence electrons. The third kappa shape index (κ3) is 6.19. The molecule has 29 heavy (non-hydrogen) atoms. The van der Waals surface area contributed by atoms with E-state index >= 15 is 0 Å². The zero-order valence-corrected chi connectivity index (χ0v) is 17.0. The molecule has 7 nitrogen and oxygen atoms in total. The van der Waals surface area contributed by atoms with Crippen LogP contribution in [0.4, 0.5) is 16.2 Å². The maximum atomic E-state index is 12.1. The quantitative estimate of drug-likeness (QED) is 0.582. The number of fused-ring (bicyclic) bond motifs is 1. The van der Waals surface area contributed by atoms with E-state index in [9.17, 15) is 14.7 Å². The van der Waals surface area contributed by atoms with Gasteiger partial charge in [0.05, 0.1) is 16.8 Å². The van der Waals surface area contributed by atoms with Crippen LogP contribution in [0, 0.1) is 0 Å². The van der Waals surface area contributed by atoms with Crippen molar-refractivity contribution in [3.8, 4) is 0 Å². The van der Waals surface area contributed by atoms with Gasteiger partial charge in [0.15, 0.2) is 0 Å². The highest BCUT2D eigenvalue weighted by Crippen LogP contribution is 2.25. The Labute approximate surface area is 175 Å². The number of rotatable bonds is 6. The molecule has 3 amide bonds. The maximum absolute atomic E-state index is 12.1. The number of urea groups is 1. The number of aliphatic hydroxyl groups is 1. The zero-order valence-electron chi connectivity index (χ0n) is 16.2. The molecular weight excluding hydrogens is 392 g/mol. The van der Waals surface area contributed by atoms with Gasteiger partial charge >= 0.3 is 6.03 Å². The van der Waals surface area contributed by atoms with Crippen LogP contribution in [0.2, 0.25) is 5.02 Å². The van der Waals surface area contributed by atoms with Crippen molar-refractivity contribution < 1.29 is 14.7 Å². The molecule has 0 spiro atoms. The summed E-state index contributed by atoms with van der Waals surface area (Å²) in [6.07, 6.45) is 0.285. The van der Waals surface area contributed by atoms with Gasteiger partial charge in [-0.2, -0.15) is 0 Å². The van der Waals surface area contributed by atoms with E-state index in [4.69, 9.17) is 11.6 Å². The van der Waals surface area contributed by atoms with Gasteiger partial charge in [-0.25, -0.2) is 4.79 Å². The van der Waals surface area contributed by atoms with Crippen molar-refractivity contribution in [1.82, 2.24) is 10.2 Å². The van der Waals surface area contributed by atoms with E-state index in [1.54, 1.807) is 18.2 Å². The van der Waals surface area contributed by atoms with Gasteiger partial charge in [0.1, 0.15) is 0 Å². The highest BCUT2D eigenvalue weighted by Gasteiger charge is 2.18. The van der Waals surface area contributed by atoms with Crippen molar-refractivity contribution in [2.24, 2.45) is 0 Å². The van der Waals surface area contributed by atoms with Crippen LogP contribution in [-0.2, 0) is 17.8 Å². The lowest BCUT2D eigenvalue weighted by molar-refractivity contribution is -0.114. The Kier molecular flexibility index (Phi) is 7.09. The Balaban J connectivity index is 1.44. The van der Waals surface area contributed by atoms with Crippen LogP contribution in [0.1, 0.15) is 18.1 Å². The summed E-state index contributed by atoms with van der Waals surface area (Å²) in [6, 6.07) is 12.7. The Hall–Kier alpha value is -2.61. The standard InChI is InChI=1S/C21H25ClN4O3/c1-14(27)24-17-6-7-20(19(22)10-17)25-21(29)23-11-18(28)13-26-9-8-15-4-2-3-5-16(15)12-26/h2-7,10,18,28H,8-9,11-13H2,1H3,(H,24,27)(H2,23,25,29). The number of anilines is 2. The predicted octanol–water partition coefficient (Wildman–Crippen LogP) is 2.84. The first-order chi connectivity index (χ1) is 13.9. The maximum Gasteiger partial charge on any atom is 0.319 e. The Morgan fingerprint density at radius 3 is 2.66 bits per heavy atom. The van der Waals surface area contributed by atoms with Gasteiger partial charge < -0.3 is 21.1 Å². The van der Waals surface area contributed by atoms with Gasteiger partial charge in [-0.1, -0.05) is 35.9 Å². The second-order valence-corrected chi connectivity index (χ2v) is 7.53. The minimum absolute atomic E-state index is 0.131. The summed E-state index contributed by atoms with van der Waals surface area (Å²) in [7, 11) is 0. The molecule has 3 rings (SSSR count). The molecule has 0 fully saturated rings. The lowest BCUT2D eigenvalue weighted by atomic mass is 10.00. The minimum atomic E-state index is -0.677. The van der Waals surface area contributed by atoms with Crippen LogP contribution >= 0.6 is 11.6 Å². The molecule has 0 aliphatic carbocycles. The molecule has 1 heterocycles. The van der Waals surface area contributed by atoms with Crippen LogP contribution in [0.15, 0.2) is 42.5 Å². The zero-order chi connectivity index (χ0) is 20.8. The Bertz CT molecular complexity index is 890. The molecule has 0 aromatic heterocycles. The van der Waals surface area contributed by atoms with Crippen molar-refractivity contribution in [1.29, 1.82) is 0 Å². The first kappa shape index (κ1) is 21.1. The second kappa shape index (κ2) is 9.73. The van der Waals surface area contributed by atoms with Gasteiger partial charge in [-0.05, 0) is 35.7 Å². The normalized spacial score (nSPS) is 14.6. The van der Waals surface area contributed by atoms with E-state index in [0.717, 1.165) is 19.5 Å². The third-order valence-corrected chi connectivity index (χ3v) is 5.03. The average molecular weight is 417 g/mol. The largest absolute Gasteiger partial charge is 0.390 e. The van der Waals surface area contributed by atoms with Crippen molar-refractivity contribution in [2.45, 2.75) is 26.0 Å². The number of carbonyl (C=O) groups is 2. The first-order valence-electron chi connectivity index (χ1n) is 9.50. The van der Waals surface area contributed by atoms with E-state index < -0.39 is 12.1 Å². The highest BCUT2D eigenvalue weighted by atomic mass is 35.5. The number of amides is 3. The molecular formula is C21H25ClN4O3. The van der Waals surface area contributed by atoms with Crippen LogP contribution in [0.5, 0.6) is 0 Å². The summed E-state index contributed by atoms with van der Waals surface area (Å²) in [5.41, 5.74) is 3.61. The lowest BCUT2D eigenvalue weighted by Gasteiger charge is -2.30. The van der Waals surface area contributed by atoms with Crippen molar-refractivity contribution in [2.75, 3.05) is 30.3 Å². The molecule has 1 atom stereocenters. The highest BCUT2D eigenvalue weighted by molar-refractivity contribution is 6.34. The molecule has 0 bridgehead atoms. The number of halogens is 1. The summed E-state index contributed by atoms with van der Waals surface area (Å²) >= 11 is 6.14. The number of nitrogens with one attached hydrogen (secondary N) is 3. The molecule has 2 aromatic carbocycles. The van der Waals surface area contributed by atoms with Crippen molar-refractivity contribution in [3.63, 3.8) is 0 Å². The monoisotopic (exact) mass is 416 g/mol. The van der Waals surface area contributed by atoms with E-state index in [1.165, 1.54) is 18.1 Å². The Morgan fingerprint density at radius 1 is 1.17 bits per heavy atom. The van der Waals surface area contributed by atoms with Crippen LogP contribution in [0.25, 0.3) is 0 Å². The molecule has 0 radical (unpaired) electrons. The molecule has 8 heteroatoms. The van der Waals surface area contributed by atoms with Gasteiger partial charge in [0.2, 0.25) is 5.91 Å². The predicted molar refractivity (Wildman–Crippen MR) is 114 cm³/mol. The van der Waals surface area contributed by atoms with E-state index in [-0.39, 0.29) is 12.5 Å². The number of hydrogen-bond donors (Lipinski definition) is 4. The van der Waals surface area contributed by atoms with Crippen molar-refractivity contribution in [3.05, 3.63) is 58.6 Å². The molecule has 1 aliphatic heterocycles. The molecule has 4 N–H and O–H groups in total. The summed E-state index contributed by atoms with van der Waals surface area (Å²) in [5, 5.41) is 18.5. The van der Waals surface area contributed by atoms with Gasteiger partial charge in [-0.3, -0.25) is 9.69 Å². The van der Waals surface area contributed by atoms with Gasteiger partial charge in [-0.15, -0.1) is 0 Å². The topological polar surface area (TPSA) is 93.7 Å². The van der Waals surface area contributed by atoms with Crippen LogP contribution in [-0.4, -0.2) is 47.7 Å². The molecule has 0 saturated heterocycles. The number of carbonyl (C=O) groups excluding carboxylic acids is 2. The summed E-state index contributed by atoms with van der Waals surface area (Å²) in [4.78, 5) is 25.4. The molecule has 1 unspecified atom stereocenters. The third-order valence-electron chi connectivity index (χ3n) is 4.71. The fourth-order valence-electron chi connectivity index (χ4n) is 3.35. The second-order valence-electron chi connectivity index (χ2n) is 7.12.